The van der Waals surface area contributed by atoms with E-state index in [-0.39, 0.29) is 24.7 Å². The summed E-state index contributed by atoms with van der Waals surface area (Å²) < 4.78 is 20.6. The summed E-state index contributed by atoms with van der Waals surface area (Å²) in [5.74, 6) is -2.63. The van der Waals surface area contributed by atoms with Gasteiger partial charge in [-0.2, -0.15) is 0 Å². The van der Waals surface area contributed by atoms with Crippen molar-refractivity contribution in [2.24, 2.45) is 23.0 Å². The minimum absolute atomic E-state index is 0.114. The molecule has 1 aliphatic rings. The standard InChI is InChI=1S/C26H39FN2O5S/c1-15-7-6-8-16(2)24(32)17(3)25(33)26(4,5)21(30)12-23(31)34-20(10-9-15)19(27)11-18-14-35-22(13-28)29-18/h9,11,14,16-17,20-21,24,30,32H,6-8,10,12-13,28H2,1-5H3/t16-,17+,20-,21-,24-/m0/s1. The first-order chi connectivity index (χ1) is 16.4. The number of thiazole rings is 1. The van der Waals surface area contributed by atoms with Crippen LogP contribution in [0.3, 0.4) is 0 Å². The fourth-order valence-electron chi connectivity index (χ4n) is 4.24. The van der Waals surface area contributed by atoms with Crippen molar-refractivity contribution in [1.29, 1.82) is 0 Å². The van der Waals surface area contributed by atoms with Gasteiger partial charge < -0.3 is 20.7 Å². The van der Waals surface area contributed by atoms with E-state index in [1.807, 2.05) is 19.9 Å². The second-order valence-corrected chi connectivity index (χ2v) is 11.1. The Morgan fingerprint density at radius 2 is 2.03 bits per heavy atom. The Morgan fingerprint density at radius 1 is 1.34 bits per heavy atom. The van der Waals surface area contributed by atoms with Gasteiger partial charge in [0.15, 0.2) is 6.10 Å². The van der Waals surface area contributed by atoms with Crippen LogP contribution in [-0.2, 0) is 20.9 Å². The van der Waals surface area contributed by atoms with Gasteiger partial charge in [0, 0.05) is 30.3 Å². The van der Waals surface area contributed by atoms with Crippen molar-refractivity contribution >= 4 is 29.2 Å². The van der Waals surface area contributed by atoms with Crippen LogP contribution in [0.4, 0.5) is 4.39 Å². The second kappa shape index (κ2) is 12.9. The molecule has 0 aromatic carbocycles. The first-order valence-corrected chi connectivity index (χ1v) is 13.0. The molecule has 9 heteroatoms. The smallest absolute Gasteiger partial charge is 0.309 e. The largest absolute Gasteiger partial charge is 0.455 e. The van der Waals surface area contributed by atoms with Crippen LogP contribution >= 0.6 is 11.3 Å². The zero-order valence-corrected chi connectivity index (χ0v) is 22.1. The predicted molar refractivity (Wildman–Crippen MR) is 135 cm³/mol. The highest BCUT2D eigenvalue weighted by Gasteiger charge is 2.42. The van der Waals surface area contributed by atoms with Crippen molar-refractivity contribution in [3.05, 3.63) is 33.6 Å². The van der Waals surface area contributed by atoms with E-state index in [0.717, 1.165) is 18.4 Å². The van der Waals surface area contributed by atoms with Crippen molar-refractivity contribution < 1.29 is 28.9 Å². The van der Waals surface area contributed by atoms with Crippen molar-refractivity contribution in [3.8, 4) is 0 Å². The van der Waals surface area contributed by atoms with Crippen LogP contribution in [0.25, 0.3) is 6.08 Å². The van der Waals surface area contributed by atoms with Crippen molar-refractivity contribution in [1.82, 2.24) is 4.98 Å². The molecular weight excluding hydrogens is 471 g/mol. The number of aliphatic hydroxyl groups is 2. The highest BCUT2D eigenvalue weighted by molar-refractivity contribution is 7.09. The number of aromatic nitrogens is 1. The molecule has 1 aliphatic heterocycles. The fourth-order valence-corrected chi connectivity index (χ4v) is 4.87. The van der Waals surface area contributed by atoms with Crippen LogP contribution in [0.5, 0.6) is 0 Å². The zero-order chi connectivity index (χ0) is 26.3. The third-order valence-corrected chi connectivity index (χ3v) is 7.75. The Labute approximate surface area is 211 Å². The molecule has 0 aliphatic carbocycles. The molecule has 7 nitrogen and oxygen atoms in total. The first kappa shape index (κ1) is 29.3. The minimum Gasteiger partial charge on any atom is -0.455 e. The Bertz CT molecular complexity index is 942. The molecule has 2 rings (SSSR count). The number of rotatable bonds is 3. The number of halogens is 1. The quantitative estimate of drug-likeness (QED) is 0.409. The van der Waals surface area contributed by atoms with Crippen LogP contribution in [-0.4, -0.2) is 45.3 Å². The molecule has 4 N–H and O–H groups in total. The lowest BCUT2D eigenvalue weighted by Crippen LogP contribution is -2.45. The molecule has 0 spiro atoms. The first-order valence-electron chi connectivity index (χ1n) is 12.1. The highest BCUT2D eigenvalue weighted by Crippen LogP contribution is 2.32. The number of aliphatic hydroxyl groups excluding tert-OH is 2. The van der Waals surface area contributed by atoms with Crippen molar-refractivity contribution in [2.45, 2.75) is 91.6 Å². The number of carbonyl (C=O) groups is 2. The van der Waals surface area contributed by atoms with Gasteiger partial charge in [0.1, 0.15) is 16.6 Å². The zero-order valence-electron chi connectivity index (χ0n) is 21.3. The van der Waals surface area contributed by atoms with Gasteiger partial charge in [-0.25, -0.2) is 9.37 Å². The van der Waals surface area contributed by atoms with Gasteiger partial charge in [-0.15, -0.1) is 11.3 Å². The van der Waals surface area contributed by atoms with Gasteiger partial charge in [-0.05, 0) is 32.1 Å². The van der Waals surface area contributed by atoms with E-state index < -0.39 is 47.9 Å². The lowest BCUT2D eigenvalue weighted by atomic mass is 9.73. The molecule has 0 amide bonds. The molecule has 196 valence electrons. The average molecular weight is 511 g/mol. The van der Waals surface area contributed by atoms with Gasteiger partial charge in [0.2, 0.25) is 0 Å². The molecule has 0 bridgehead atoms. The number of hydrogen-bond donors (Lipinski definition) is 3. The van der Waals surface area contributed by atoms with E-state index in [1.165, 1.54) is 17.4 Å². The predicted octanol–water partition coefficient (Wildman–Crippen LogP) is 4.32. The summed E-state index contributed by atoms with van der Waals surface area (Å²) in [6.07, 6.45) is 1.58. The van der Waals surface area contributed by atoms with Gasteiger partial charge in [-0.1, -0.05) is 39.3 Å². The number of ether oxygens (including phenoxy) is 1. The number of allylic oxidation sites excluding steroid dienone is 1. The molecule has 0 radical (unpaired) electrons. The lowest BCUT2D eigenvalue weighted by molar-refractivity contribution is -0.154. The lowest BCUT2D eigenvalue weighted by Gasteiger charge is -2.34. The molecule has 0 unspecified atom stereocenters. The van der Waals surface area contributed by atoms with E-state index in [9.17, 15) is 19.8 Å². The van der Waals surface area contributed by atoms with Gasteiger partial charge in [0.05, 0.1) is 29.7 Å². The number of ketones is 1. The summed E-state index contributed by atoms with van der Waals surface area (Å²) in [5, 5.41) is 23.8. The Balaban J connectivity index is 2.33. The summed E-state index contributed by atoms with van der Waals surface area (Å²) in [6, 6.07) is 0. The Kier molecular flexibility index (Phi) is 10.8. The normalized spacial score (nSPS) is 30.0. The van der Waals surface area contributed by atoms with E-state index in [0.29, 0.717) is 17.1 Å². The molecule has 0 saturated heterocycles. The molecule has 1 aromatic rings. The summed E-state index contributed by atoms with van der Waals surface area (Å²) in [6.45, 7) is 8.83. The van der Waals surface area contributed by atoms with Crippen molar-refractivity contribution in [2.75, 3.05) is 0 Å². The highest BCUT2D eigenvalue weighted by atomic mass is 32.1. The SMILES string of the molecule is CC1=CC[C@@H](C(F)=Cc2csc(CN)n2)OC(=O)C[C@H](O)C(C)(C)C(=O)[C@H](C)[C@@H](O)[C@@H](C)CCC1. The molecule has 0 fully saturated rings. The number of cyclic esters (lactones) is 1. The molecule has 0 saturated carbocycles. The number of hydrogen-bond acceptors (Lipinski definition) is 8. The number of nitrogens with zero attached hydrogens (tertiary/aromatic N) is 1. The number of carbonyl (C=O) groups excluding carboxylic acids is 2. The van der Waals surface area contributed by atoms with Crippen LogP contribution in [0, 0.1) is 17.3 Å². The molecular formula is C26H39FN2O5S. The Morgan fingerprint density at radius 3 is 2.66 bits per heavy atom. The molecule has 5 atom stereocenters. The van der Waals surface area contributed by atoms with Crippen LogP contribution in [0.1, 0.15) is 77.4 Å². The summed E-state index contributed by atoms with van der Waals surface area (Å²) >= 11 is 1.32. The topological polar surface area (TPSA) is 123 Å². The maximum absolute atomic E-state index is 15.2. The summed E-state index contributed by atoms with van der Waals surface area (Å²) in [5.41, 5.74) is 5.69. The molecule has 35 heavy (non-hydrogen) atoms. The summed E-state index contributed by atoms with van der Waals surface area (Å²) in [7, 11) is 0. The van der Waals surface area contributed by atoms with E-state index in [4.69, 9.17) is 10.5 Å². The Hall–Kier alpha value is -1.94. The second-order valence-electron chi connectivity index (χ2n) is 10.1. The van der Waals surface area contributed by atoms with Crippen molar-refractivity contribution in [3.63, 3.8) is 0 Å². The minimum atomic E-state index is -1.35. The van der Waals surface area contributed by atoms with E-state index in [1.54, 1.807) is 26.2 Å². The maximum atomic E-state index is 15.2. The van der Waals surface area contributed by atoms with Crippen LogP contribution < -0.4 is 5.73 Å². The molecule has 2 heterocycles. The fraction of sp³-hybridized carbons (Fsp3) is 0.654. The number of Topliss-reactive ketones (excluding diaryl/α,β-unsaturated/α-hetero) is 1. The van der Waals surface area contributed by atoms with Crippen LogP contribution in [0.15, 0.2) is 22.9 Å². The third-order valence-electron chi connectivity index (χ3n) is 6.86. The average Bonchev–Trinajstić information content (AvgIpc) is 3.26. The van der Waals surface area contributed by atoms with E-state index in [2.05, 4.69) is 4.98 Å². The van der Waals surface area contributed by atoms with Gasteiger partial charge >= 0.3 is 5.97 Å². The third kappa shape index (κ3) is 8.03. The maximum Gasteiger partial charge on any atom is 0.309 e. The van der Waals surface area contributed by atoms with Gasteiger partial charge in [-0.3, -0.25) is 9.59 Å². The van der Waals surface area contributed by atoms with Crippen LogP contribution in [0.2, 0.25) is 0 Å². The molecule has 1 aromatic heterocycles. The monoisotopic (exact) mass is 510 g/mol. The van der Waals surface area contributed by atoms with Gasteiger partial charge in [0.25, 0.3) is 0 Å². The number of nitrogens with two attached hydrogens (primary N) is 1. The summed E-state index contributed by atoms with van der Waals surface area (Å²) in [4.78, 5) is 30.0. The van der Waals surface area contributed by atoms with E-state index >= 15 is 4.39 Å². The number of esters is 1.